The molecule has 0 amide bonds. The molecule has 3 aromatic rings. The molecule has 0 aliphatic carbocycles. The molecule has 0 aliphatic rings. The van der Waals surface area contributed by atoms with Crippen molar-refractivity contribution in [3.8, 4) is 11.4 Å². The Morgan fingerprint density at radius 3 is 2.52 bits per heavy atom. The Hall–Kier alpha value is -3.07. The minimum Gasteiger partial charge on any atom is -0.494 e. The molecule has 3 rings (SSSR count). The van der Waals surface area contributed by atoms with Crippen LogP contribution in [0.4, 0.5) is 0 Å². The van der Waals surface area contributed by atoms with Crippen molar-refractivity contribution >= 4 is 11.9 Å². The van der Waals surface area contributed by atoms with Gasteiger partial charge in [0.25, 0.3) is 0 Å². The molecule has 0 unspecified atom stereocenters. The predicted octanol–water partition coefficient (Wildman–Crippen LogP) is 5.94. The quantitative estimate of drug-likeness (QED) is 0.269. The number of carbonyl (C=O) groups excluding carboxylic acids is 1. The molecule has 0 saturated heterocycles. The Kier molecular flexibility index (Phi) is 6.64. The molecule has 2 aromatic carbocycles. The second-order valence-corrected chi connectivity index (χ2v) is 6.46. The molecule has 0 spiro atoms. The summed E-state index contributed by atoms with van der Waals surface area (Å²) in [5.74, 6) is 0.859. The van der Waals surface area contributed by atoms with Crippen molar-refractivity contribution in [2.24, 2.45) is 0 Å². The molecule has 1 aromatic heterocycles. The molecular weight excluding hydrogens is 334 g/mol. The summed E-state index contributed by atoms with van der Waals surface area (Å²) < 4.78 is 7.70. The van der Waals surface area contributed by atoms with Gasteiger partial charge in [-0.2, -0.15) is 0 Å². The average Bonchev–Trinajstić information content (AvgIpc) is 3.25. The highest BCUT2D eigenvalue weighted by Crippen LogP contribution is 2.15. The lowest BCUT2D eigenvalue weighted by atomic mass is 10.1. The molecule has 27 heavy (non-hydrogen) atoms. The molecule has 3 nitrogen and oxygen atoms in total. The third-order valence-electron chi connectivity index (χ3n) is 4.36. The summed E-state index contributed by atoms with van der Waals surface area (Å²) in [6.45, 7) is 2.93. The fourth-order valence-corrected chi connectivity index (χ4v) is 2.81. The molecule has 0 radical (unpaired) electrons. The van der Waals surface area contributed by atoms with Crippen molar-refractivity contribution < 1.29 is 9.53 Å². The number of benzene rings is 2. The molecule has 3 heteroatoms. The molecule has 0 bridgehead atoms. The van der Waals surface area contributed by atoms with Gasteiger partial charge in [0, 0.05) is 23.6 Å². The van der Waals surface area contributed by atoms with E-state index in [0.29, 0.717) is 5.56 Å². The highest BCUT2D eigenvalue weighted by Gasteiger charge is 2.04. The molecule has 0 fully saturated rings. The van der Waals surface area contributed by atoms with Crippen molar-refractivity contribution in [1.29, 1.82) is 0 Å². The fraction of sp³-hybridized carbons (Fsp3) is 0.208. The molecule has 0 N–H and O–H groups in total. The smallest absolute Gasteiger partial charge is 0.185 e. The number of carbonyl (C=O) groups is 1. The Morgan fingerprint density at radius 1 is 1.00 bits per heavy atom. The van der Waals surface area contributed by atoms with Crippen LogP contribution in [0.1, 0.15) is 42.1 Å². The molecular formula is C24H25NO2. The van der Waals surface area contributed by atoms with Crippen LogP contribution in [0.15, 0.2) is 79.1 Å². The lowest BCUT2D eigenvalue weighted by Gasteiger charge is -2.06. The van der Waals surface area contributed by atoms with E-state index in [1.807, 2.05) is 83.7 Å². The third kappa shape index (κ3) is 5.45. The zero-order valence-electron chi connectivity index (χ0n) is 15.7. The van der Waals surface area contributed by atoms with Crippen LogP contribution in [0.25, 0.3) is 11.8 Å². The zero-order chi connectivity index (χ0) is 18.9. The van der Waals surface area contributed by atoms with Gasteiger partial charge in [-0.3, -0.25) is 4.79 Å². The van der Waals surface area contributed by atoms with E-state index in [2.05, 4.69) is 6.92 Å². The minimum atomic E-state index is -0.0103. The Bertz CT molecular complexity index is 877. The van der Waals surface area contributed by atoms with E-state index in [1.54, 1.807) is 6.08 Å². The van der Waals surface area contributed by atoms with Crippen molar-refractivity contribution in [2.75, 3.05) is 6.61 Å². The van der Waals surface area contributed by atoms with E-state index in [9.17, 15) is 4.79 Å². The topological polar surface area (TPSA) is 31.2 Å². The Morgan fingerprint density at radius 2 is 1.78 bits per heavy atom. The van der Waals surface area contributed by atoms with Gasteiger partial charge in [0.15, 0.2) is 5.78 Å². The first-order chi connectivity index (χ1) is 13.3. The third-order valence-corrected chi connectivity index (χ3v) is 4.36. The molecule has 0 atom stereocenters. The standard InChI is InChI=1S/C24H25NO2/c1-2-3-6-18-27-23-13-10-20(11-14-23)12-15-24(26)21-8-7-9-22(19-21)25-16-4-5-17-25/h4-5,7-17,19H,2-3,6,18H2,1H3/b15-12+. The van der Waals surface area contributed by atoms with Gasteiger partial charge in [-0.15, -0.1) is 0 Å². The van der Waals surface area contributed by atoms with Gasteiger partial charge in [0.2, 0.25) is 0 Å². The number of hydrogen-bond acceptors (Lipinski definition) is 2. The van der Waals surface area contributed by atoms with E-state index >= 15 is 0 Å². The highest BCUT2D eigenvalue weighted by molar-refractivity contribution is 6.07. The van der Waals surface area contributed by atoms with E-state index in [-0.39, 0.29) is 5.78 Å². The number of rotatable bonds is 9. The van der Waals surface area contributed by atoms with Crippen molar-refractivity contribution in [3.63, 3.8) is 0 Å². The first-order valence-electron chi connectivity index (χ1n) is 9.45. The molecule has 0 aliphatic heterocycles. The normalized spacial score (nSPS) is 11.0. The van der Waals surface area contributed by atoms with Crippen molar-refractivity contribution in [3.05, 3.63) is 90.3 Å². The summed E-state index contributed by atoms with van der Waals surface area (Å²) in [5, 5.41) is 0. The molecule has 0 saturated carbocycles. The summed E-state index contributed by atoms with van der Waals surface area (Å²) in [7, 11) is 0. The SMILES string of the molecule is CCCCCOc1ccc(/C=C/C(=O)c2cccc(-n3cccc3)c2)cc1. The lowest BCUT2D eigenvalue weighted by Crippen LogP contribution is -1.97. The minimum absolute atomic E-state index is 0.0103. The summed E-state index contributed by atoms with van der Waals surface area (Å²) in [6.07, 6.45) is 10.8. The van der Waals surface area contributed by atoms with Gasteiger partial charge < -0.3 is 9.30 Å². The molecule has 138 valence electrons. The van der Waals surface area contributed by atoms with Crippen molar-refractivity contribution in [2.45, 2.75) is 26.2 Å². The summed E-state index contributed by atoms with van der Waals surface area (Å²) in [4.78, 5) is 12.5. The van der Waals surface area contributed by atoms with Crippen LogP contribution in [0, 0.1) is 0 Å². The second-order valence-electron chi connectivity index (χ2n) is 6.46. The molecule has 1 heterocycles. The summed E-state index contributed by atoms with van der Waals surface area (Å²) in [5.41, 5.74) is 2.63. The number of ketones is 1. The van der Waals surface area contributed by atoms with Crippen LogP contribution >= 0.6 is 0 Å². The zero-order valence-corrected chi connectivity index (χ0v) is 15.7. The number of allylic oxidation sites excluding steroid dienone is 1. The van der Waals surface area contributed by atoms with Gasteiger partial charge in [0.1, 0.15) is 5.75 Å². The maximum absolute atomic E-state index is 12.5. The van der Waals surface area contributed by atoms with Gasteiger partial charge >= 0.3 is 0 Å². The van der Waals surface area contributed by atoms with Crippen LogP contribution in [0.5, 0.6) is 5.75 Å². The Labute approximate surface area is 160 Å². The van der Waals surface area contributed by atoms with Crippen LogP contribution in [0.3, 0.4) is 0 Å². The van der Waals surface area contributed by atoms with Crippen LogP contribution in [-0.4, -0.2) is 17.0 Å². The second kappa shape index (κ2) is 9.58. The summed E-state index contributed by atoms with van der Waals surface area (Å²) >= 11 is 0. The van der Waals surface area contributed by atoms with E-state index in [0.717, 1.165) is 30.0 Å². The predicted molar refractivity (Wildman–Crippen MR) is 111 cm³/mol. The summed E-state index contributed by atoms with van der Waals surface area (Å²) in [6, 6.07) is 19.4. The van der Waals surface area contributed by atoms with E-state index < -0.39 is 0 Å². The number of hydrogen-bond donors (Lipinski definition) is 0. The van der Waals surface area contributed by atoms with E-state index in [4.69, 9.17) is 4.74 Å². The maximum Gasteiger partial charge on any atom is 0.185 e. The number of ether oxygens (including phenoxy) is 1. The monoisotopic (exact) mass is 359 g/mol. The first kappa shape index (κ1) is 18.7. The highest BCUT2D eigenvalue weighted by atomic mass is 16.5. The Balaban J connectivity index is 1.60. The van der Waals surface area contributed by atoms with Crippen LogP contribution < -0.4 is 4.74 Å². The average molecular weight is 359 g/mol. The number of nitrogens with zero attached hydrogens (tertiary/aromatic N) is 1. The van der Waals surface area contributed by atoms with Gasteiger partial charge in [0.05, 0.1) is 6.61 Å². The number of aromatic nitrogens is 1. The van der Waals surface area contributed by atoms with Crippen LogP contribution in [0.2, 0.25) is 0 Å². The maximum atomic E-state index is 12.5. The number of unbranched alkanes of at least 4 members (excludes halogenated alkanes) is 2. The lowest BCUT2D eigenvalue weighted by molar-refractivity contribution is 0.104. The van der Waals surface area contributed by atoms with Gasteiger partial charge in [-0.25, -0.2) is 0 Å². The van der Waals surface area contributed by atoms with Crippen molar-refractivity contribution in [1.82, 2.24) is 4.57 Å². The van der Waals surface area contributed by atoms with Gasteiger partial charge in [-0.05, 0) is 54.5 Å². The largest absolute Gasteiger partial charge is 0.494 e. The fourth-order valence-electron chi connectivity index (χ4n) is 2.81. The van der Waals surface area contributed by atoms with Crippen LogP contribution in [-0.2, 0) is 0 Å². The van der Waals surface area contributed by atoms with E-state index in [1.165, 1.54) is 12.8 Å². The van der Waals surface area contributed by atoms with Gasteiger partial charge in [-0.1, -0.05) is 50.1 Å². The first-order valence-corrected chi connectivity index (χ1v) is 9.45.